The van der Waals surface area contributed by atoms with Gasteiger partial charge < -0.3 is 0 Å². The third-order valence-corrected chi connectivity index (χ3v) is 4.11. The highest BCUT2D eigenvalue weighted by atomic mass is 14.2. The third kappa shape index (κ3) is 5.39. The van der Waals surface area contributed by atoms with Crippen LogP contribution < -0.4 is 0 Å². The molecule has 2 aromatic rings. The molecule has 0 aliphatic carbocycles. The average Bonchev–Trinajstić information content (AvgIpc) is 2.61. The molecule has 0 aliphatic rings. The van der Waals surface area contributed by atoms with Crippen LogP contribution in [-0.2, 0) is 0 Å². The minimum atomic E-state index is 0.480. The van der Waals surface area contributed by atoms with Gasteiger partial charge in [0, 0.05) is 5.92 Å². The molecule has 2 rings (SSSR count). The molecule has 0 amide bonds. The standard InChI is InChI=1S/C21H26.C2H6/c1-5-9-21(19-12-7-10-17(6-2)14-19)20-13-8-11-18(15-20)16(3)4;1-2/h6-8,10-16,21H,2,5,9H2,1,3-4H3;1-2H3. The minimum absolute atomic E-state index is 0.480. The first-order valence-corrected chi connectivity index (χ1v) is 8.98. The molecule has 124 valence electrons. The fourth-order valence-electron chi connectivity index (χ4n) is 2.85. The van der Waals surface area contributed by atoms with E-state index in [4.69, 9.17) is 0 Å². The van der Waals surface area contributed by atoms with Crippen molar-refractivity contribution in [2.45, 2.75) is 59.3 Å². The topological polar surface area (TPSA) is 0 Å². The van der Waals surface area contributed by atoms with Gasteiger partial charge in [-0.2, -0.15) is 0 Å². The molecule has 23 heavy (non-hydrogen) atoms. The SMILES string of the molecule is C=Cc1cccc(C(CCC)c2cccc(C(C)C)c2)c1.CC. The highest BCUT2D eigenvalue weighted by Gasteiger charge is 2.14. The van der Waals surface area contributed by atoms with E-state index in [1.165, 1.54) is 35.1 Å². The molecular formula is C23H32. The van der Waals surface area contributed by atoms with E-state index in [1.807, 2.05) is 19.9 Å². The van der Waals surface area contributed by atoms with Crippen molar-refractivity contribution in [1.29, 1.82) is 0 Å². The van der Waals surface area contributed by atoms with Crippen LogP contribution in [0.15, 0.2) is 55.1 Å². The number of hydrogen-bond donors (Lipinski definition) is 0. The molecule has 0 N–H and O–H groups in total. The molecule has 0 saturated carbocycles. The fraction of sp³-hybridized carbons (Fsp3) is 0.391. The predicted molar refractivity (Wildman–Crippen MR) is 105 cm³/mol. The fourth-order valence-corrected chi connectivity index (χ4v) is 2.85. The molecule has 0 heteroatoms. The smallest absolute Gasteiger partial charge is 0.00895 e. The molecule has 0 fully saturated rings. The summed E-state index contributed by atoms with van der Waals surface area (Å²) in [6.07, 6.45) is 4.30. The van der Waals surface area contributed by atoms with Gasteiger partial charge in [-0.15, -0.1) is 0 Å². The molecule has 0 saturated heterocycles. The molecule has 1 atom stereocenters. The summed E-state index contributed by atoms with van der Waals surface area (Å²) in [7, 11) is 0. The van der Waals surface area contributed by atoms with Crippen LogP contribution >= 0.6 is 0 Å². The number of benzene rings is 2. The first-order valence-electron chi connectivity index (χ1n) is 8.98. The Morgan fingerprint density at radius 3 is 2.04 bits per heavy atom. The lowest BCUT2D eigenvalue weighted by Gasteiger charge is -2.19. The maximum Gasteiger partial charge on any atom is 0.00895 e. The van der Waals surface area contributed by atoms with Gasteiger partial charge in [-0.25, -0.2) is 0 Å². The van der Waals surface area contributed by atoms with E-state index in [9.17, 15) is 0 Å². The minimum Gasteiger partial charge on any atom is -0.0985 e. The van der Waals surface area contributed by atoms with Gasteiger partial charge in [0.15, 0.2) is 0 Å². The van der Waals surface area contributed by atoms with Crippen molar-refractivity contribution >= 4 is 6.08 Å². The van der Waals surface area contributed by atoms with Crippen molar-refractivity contribution in [3.8, 4) is 0 Å². The van der Waals surface area contributed by atoms with E-state index in [2.05, 4.69) is 75.9 Å². The van der Waals surface area contributed by atoms with Crippen LogP contribution in [0.25, 0.3) is 6.08 Å². The third-order valence-electron chi connectivity index (χ3n) is 4.11. The highest BCUT2D eigenvalue weighted by molar-refractivity contribution is 5.49. The van der Waals surface area contributed by atoms with Crippen molar-refractivity contribution in [2.75, 3.05) is 0 Å². The summed E-state index contributed by atoms with van der Waals surface area (Å²) in [5, 5.41) is 0. The number of rotatable bonds is 6. The van der Waals surface area contributed by atoms with Crippen LogP contribution in [0.4, 0.5) is 0 Å². The zero-order valence-electron chi connectivity index (χ0n) is 15.5. The van der Waals surface area contributed by atoms with Crippen molar-refractivity contribution in [3.63, 3.8) is 0 Å². The second-order valence-electron chi connectivity index (χ2n) is 6.04. The quantitative estimate of drug-likeness (QED) is 0.521. The summed E-state index contributed by atoms with van der Waals surface area (Å²) in [5.74, 6) is 1.06. The Kier molecular flexibility index (Phi) is 8.40. The second kappa shape index (κ2) is 10.0. The summed E-state index contributed by atoms with van der Waals surface area (Å²) >= 11 is 0. The van der Waals surface area contributed by atoms with Crippen LogP contribution in [-0.4, -0.2) is 0 Å². The van der Waals surface area contributed by atoms with Gasteiger partial charge in [0.1, 0.15) is 0 Å². The Morgan fingerprint density at radius 1 is 0.913 bits per heavy atom. The molecular weight excluding hydrogens is 276 g/mol. The second-order valence-corrected chi connectivity index (χ2v) is 6.04. The summed E-state index contributed by atoms with van der Waals surface area (Å²) in [4.78, 5) is 0. The van der Waals surface area contributed by atoms with Gasteiger partial charge in [-0.1, -0.05) is 102 Å². The van der Waals surface area contributed by atoms with E-state index in [1.54, 1.807) is 0 Å². The van der Waals surface area contributed by atoms with Gasteiger partial charge in [-0.3, -0.25) is 0 Å². The molecule has 0 bridgehead atoms. The van der Waals surface area contributed by atoms with Crippen molar-refractivity contribution in [3.05, 3.63) is 77.4 Å². The maximum absolute atomic E-state index is 3.89. The maximum atomic E-state index is 3.89. The Morgan fingerprint density at radius 2 is 1.48 bits per heavy atom. The van der Waals surface area contributed by atoms with E-state index in [-0.39, 0.29) is 0 Å². The van der Waals surface area contributed by atoms with Crippen LogP contribution in [0, 0.1) is 0 Å². The van der Waals surface area contributed by atoms with Crippen LogP contribution in [0.5, 0.6) is 0 Å². The van der Waals surface area contributed by atoms with Crippen LogP contribution in [0.2, 0.25) is 0 Å². The average molecular weight is 309 g/mol. The molecule has 0 nitrogen and oxygen atoms in total. The van der Waals surface area contributed by atoms with Crippen molar-refractivity contribution in [2.24, 2.45) is 0 Å². The van der Waals surface area contributed by atoms with Gasteiger partial charge in [0.05, 0.1) is 0 Å². The zero-order chi connectivity index (χ0) is 17.2. The lowest BCUT2D eigenvalue weighted by Crippen LogP contribution is -2.02. The molecule has 0 aliphatic heterocycles. The van der Waals surface area contributed by atoms with Gasteiger partial charge in [0.25, 0.3) is 0 Å². The summed E-state index contributed by atoms with van der Waals surface area (Å²) in [6, 6.07) is 17.9. The normalized spacial score (nSPS) is 11.6. The first kappa shape index (κ1) is 19.2. The molecule has 2 aromatic carbocycles. The summed E-state index contributed by atoms with van der Waals surface area (Å²) in [6.45, 7) is 14.7. The monoisotopic (exact) mass is 308 g/mol. The summed E-state index contributed by atoms with van der Waals surface area (Å²) < 4.78 is 0. The molecule has 0 radical (unpaired) electrons. The van der Waals surface area contributed by atoms with E-state index >= 15 is 0 Å². The van der Waals surface area contributed by atoms with Gasteiger partial charge in [0.2, 0.25) is 0 Å². The van der Waals surface area contributed by atoms with E-state index in [0.29, 0.717) is 11.8 Å². The molecule has 1 unspecified atom stereocenters. The lowest BCUT2D eigenvalue weighted by atomic mass is 9.85. The summed E-state index contributed by atoms with van der Waals surface area (Å²) in [5.41, 5.74) is 5.46. The van der Waals surface area contributed by atoms with E-state index < -0.39 is 0 Å². The first-order chi connectivity index (χ1) is 11.2. The van der Waals surface area contributed by atoms with Gasteiger partial charge in [-0.05, 0) is 34.6 Å². The Balaban J connectivity index is 0.00000127. The Labute approximate surface area is 143 Å². The largest absolute Gasteiger partial charge is 0.0985 e. The van der Waals surface area contributed by atoms with Gasteiger partial charge >= 0.3 is 0 Å². The Bertz CT molecular complexity index is 592. The zero-order valence-corrected chi connectivity index (χ0v) is 15.5. The molecule has 0 aromatic heterocycles. The number of hydrogen-bond acceptors (Lipinski definition) is 0. The van der Waals surface area contributed by atoms with Crippen molar-refractivity contribution in [1.82, 2.24) is 0 Å². The molecule has 0 heterocycles. The Hall–Kier alpha value is -1.82. The highest BCUT2D eigenvalue weighted by Crippen LogP contribution is 2.31. The van der Waals surface area contributed by atoms with Crippen LogP contribution in [0.3, 0.4) is 0 Å². The lowest BCUT2D eigenvalue weighted by molar-refractivity contribution is 0.696. The van der Waals surface area contributed by atoms with Crippen LogP contribution in [0.1, 0.15) is 81.5 Å². The molecule has 0 spiro atoms. The van der Waals surface area contributed by atoms with Crippen molar-refractivity contribution < 1.29 is 0 Å². The van der Waals surface area contributed by atoms with E-state index in [0.717, 1.165) is 0 Å². The predicted octanol–water partition coefficient (Wildman–Crippen LogP) is 7.41.